The van der Waals surface area contributed by atoms with E-state index in [2.05, 4.69) is 26.2 Å². The van der Waals surface area contributed by atoms with E-state index in [1.54, 1.807) is 31.2 Å². The number of fused-ring (bicyclic) bond motifs is 1. The van der Waals surface area contributed by atoms with Crippen LogP contribution < -0.4 is 10.6 Å². The summed E-state index contributed by atoms with van der Waals surface area (Å²) in [5.41, 5.74) is 0.424. The highest BCUT2D eigenvalue weighted by Crippen LogP contribution is 2.14. The lowest BCUT2D eigenvalue weighted by atomic mass is 10.2. The zero-order chi connectivity index (χ0) is 11.0. The number of halogens is 1. The molecule has 0 aliphatic heterocycles. The molecule has 2 rings (SSSR count). The first-order chi connectivity index (χ1) is 7.09. The average molecular weight is 269 g/mol. The second-order valence-corrected chi connectivity index (χ2v) is 4.21. The molecular weight excluding hydrogens is 260 g/mol. The number of aromatic nitrogens is 3. The maximum absolute atomic E-state index is 11.9. The maximum Gasteiger partial charge on any atom is 0.296 e. The van der Waals surface area contributed by atoms with Gasteiger partial charge in [0, 0.05) is 18.6 Å². The van der Waals surface area contributed by atoms with Crippen LogP contribution in [0.3, 0.4) is 0 Å². The molecule has 0 bridgehead atoms. The summed E-state index contributed by atoms with van der Waals surface area (Å²) in [4.78, 5) is 13.1. The molecule has 2 aromatic rings. The normalized spacial score (nSPS) is 10.6. The van der Waals surface area contributed by atoms with Crippen molar-refractivity contribution >= 4 is 26.8 Å². The van der Waals surface area contributed by atoms with Crippen LogP contribution in [0.15, 0.2) is 27.5 Å². The van der Waals surface area contributed by atoms with E-state index in [9.17, 15) is 4.79 Å². The summed E-state index contributed by atoms with van der Waals surface area (Å²) in [6, 6.07) is 5.33. The molecule has 0 radical (unpaired) electrons. The van der Waals surface area contributed by atoms with Crippen molar-refractivity contribution in [2.24, 2.45) is 0 Å². The minimum atomic E-state index is -0.175. The van der Waals surface area contributed by atoms with Gasteiger partial charge in [-0.15, -0.1) is 9.89 Å². The van der Waals surface area contributed by atoms with Crippen LogP contribution in [-0.2, 0) is 0 Å². The van der Waals surface area contributed by atoms with Gasteiger partial charge in [-0.05, 0) is 23.4 Å². The van der Waals surface area contributed by atoms with Gasteiger partial charge in [-0.1, -0.05) is 15.9 Å². The minimum Gasteiger partial charge on any atom is -0.298 e. The van der Waals surface area contributed by atoms with E-state index < -0.39 is 0 Å². The average Bonchev–Trinajstić information content (AvgIpc) is 2.19. The molecule has 6 heteroatoms. The Morgan fingerprint density at radius 3 is 2.80 bits per heavy atom. The number of rotatable bonds is 1. The maximum atomic E-state index is 11.9. The lowest BCUT2D eigenvalue weighted by molar-refractivity contribution is 0.567. The van der Waals surface area contributed by atoms with E-state index >= 15 is 0 Å². The molecule has 0 spiro atoms. The molecule has 0 N–H and O–H groups in total. The highest BCUT2D eigenvalue weighted by molar-refractivity contribution is 9.10. The molecular formula is C9H9BrN4O. The third-order valence-corrected chi connectivity index (χ3v) is 2.48. The summed E-state index contributed by atoms with van der Waals surface area (Å²) in [6.45, 7) is 0. The van der Waals surface area contributed by atoms with E-state index in [-0.39, 0.29) is 5.56 Å². The number of hydrogen-bond acceptors (Lipinski definition) is 4. The van der Waals surface area contributed by atoms with Crippen molar-refractivity contribution in [1.29, 1.82) is 0 Å². The predicted octanol–water partition coefficient (Wildman–Crippen LogP) is 0.752. The molecule has 0 atom stereocenters. The number of hydrogen-bond donors (Lipinski definition) is 0. The van der Waals surface area contributed by atoms with Crippen LogP contribution in [0.5, 0.6) is 0 Å². The van der Waals surface area contributed by atoms with Crippen LogP contribution in [0.2, 0.25) is 0 Å². The first-order valence-electron chi connectivity index (χ1n) is 4.32. The van der Waals surface area contributed by atoms with E-state index in [1.807, 2.05) is 6.07 Å². The topological polar surface area (TPSA) is 51.0 Å². The lowest BCUT2D eigenvalue weighted by Gasteiger charge is -2.12. The summed E-state index contributed by atoms with van der Waals surface area (Å²) in [5, 5.41) is 9.88. The molecule has 0 saturated heterocycles. The summed E-state index contributed by atoms with van der Waals surface area (Å²) >= 11 is 3.32. The van der Waals surface area contributed by atoms with Crippen LogP contribution in [0.4, 0.5) is 0 Å². The van der Waals surface area contributed by atoms with Crippen LogP contribution in [0, 0.1) is 0 Å². The van der Waals surface area contributed by atoms with Crippen molar-refractivity contribution in [1.82, 2.24) is 15.1 Å². The van der Waals surface area contributed by atoms with Crippen LogP contribution >= 0.6 is 15.9 Å². The molecule has 15 heavy (non-hydrogen) atoms. The van der Waals surface area contributed by atoms with Crippen LogP contribution in [-0.4, -0.2) is 29.2 Å². The lowest BCUT2D eigenvalue weighted by Crippen LogP contribution is -2.38. The molecule has 0 amide bonds. The SMILES string of the molecule is CN(C)n1nnc2ccc(Br)cc2c1=O. The minimum absolute atomic E-state index is 0.175. The molecule has 0 unspecified atom stereocenters. The summed E-state index contributed by atoms with van der Waals surface area (Å²) in [7, 11) is 3.47. The fraction of sp³-hybridized carbons (Fsp3) is 0.222. The van der Waals surface area contributed by atoms with Gasteiger partial charge < -0.3 is 0 Å². The summed E-state index contributed by atoms with van der Waals surface area (Å²) < 4.78 is 0.852. The Bertz CT molecular complexity index is 564. The zero-order valence-corrected chi connectivity index (χ0v) is 9.89. The predicted molar refractivity (Wildman–Crippen MR) is 61.6 cm³/mol. The fourth-order valence-electron chi connectivity index (χ4n) is 1.27. The Hall–Kier alpha value is -1.43. The highest BCUT2D eigenvalue weighted by atomic mass is 79.9. The summed E-state index contributed by atoms with van der Waals surface area (Å²) in [6.07, 6.45) is 0. The Labute approximate surface area is 94.4 Å². The monoisotopic (exact) mass is 268 g/mol. The van der Waals surface area contributed by atoms with Crippen LogP contribution in [0.1, 0.15) is 0 Å². The fourth-order valence-corrected chi connectivity index (χ4v) is 1.63. The van der Waals surface area contributed by atoms with Crippen molar-refractivity contribution in [3.8, 4) is 0 Å². The quantitative estimate of drug-likeness (QED) is 0.766. The van der Waals surface area contributed by atoms with Crippen molar-refractivity contribution in [2.75, 3.05) is 19.1 Å². The molecule has 1 aromatic heterocycles. The smallest absolute Gasteiger partial charge is 0.296 e. The standard InChI is InChI=1S/C9H9BrN4O/c1-13(2)14-9(15)7-5-6(10)3-4-8(7)11-12-14/h3-5H,1-2H3. The Morgan fingerprint density at radius 1 is 1.40 bits per heavy atom. The van der Waals surface area contributed by atoms with E-state index in [0.717, 1.165) is 4.47 Å². The molecule has 78 valence electrons. The van der Waals surface area contributed by atoms with Gasteiger partial charge in [0.05, 0.1) is 5.39 Å². The third-order valence-electron chi connectivity index (χ3n) is 1.99. The van der Waals surface area contributed by atoms with Crippen molar-refractivity contribution in [3.63, 3.8) is 0 Å². The van der Waals surface area contributed by atoms with Crippen molar-refractivity contribution in [3.05, 3.63) is 33.0 Å². The van der Waals surface area contributed by atoms with Crippen LogP contribution in [0.25, 0.3) is 10.9 Å². The zero-order valence-electron chi connectivity index (χ0n) is 8.31. The van der Waals surface area contributed by atoms with Gasteiger partial charge in [0.15, 0.2) is 0 Å². The van der Waals surface area contributed by atoms with Gasteiger partial charge >= 0.3 is 0 Å². The second-order valence-electron chi connectivity index (χ2n) is 3.29. The van der Waals surface area contributed by atoms with Gasteiger partial charge in [0.2, 0.25) is 0 Å². The second kappa shape index (κ2) is 3.62. The Kier molecular flexibility index (Phi) is 2.44. The number of benzene rings is 1. The molecule has 5 nitrogen and oxygen atoms in total. The first kappa shape index (κ1) is 10.1. The first-order valence-corrected chi connectivity index (χ1v) is 5.12. The van der Waals surface area contributed by atoms with Gasteiger partial charge in [0.25, 0.3) is 5.56 Å². The van der Waals surface area contributed by atoms with Gasteiger partial charge in [-0.2, -0.15) is 0 Å². The summed E-state index contributed by atoms with van der Waals surface area (Å²) in [5.74, 6) is 0. The van der Waals surface area contributed by atoms with Crippen molar-refractivity contribution in [2.45, 2.75) is 0 Å². The van der Waals surface area contributed by atoms with Crippen molar-refractivity contribution < 1.29 is 0 Å². The highest BCUT2D eigenvalue weighted by Gasteiger charge is 2.06. The molecule has 0 aliphatic carbocycles. The van der Waals surface area contributed by atoms with Gasteiger partial charge in [-0.25, -0.2) is 0 Å². The Morgan fingerprint density at radius 2 is 2.13 bits per heavy atom. The van der Waals surface area contributed by atoms with E-state index in [4.69, 9.17) is 0 Å². The van der Waals surface area contributed by atoms with E-state index in [0.29, 0.717) is 10.9 Å². The van der Waals surface area contributed by atoms with E-state index in [1.165, 1.54) is 4.79 Å². The molecule has 0 saturated carbocycles. The molecule has 0 aliphatic rings. The number of nitrogens with zero attached hydrogens (tertiary/aromatic N) is 4. The molecule has 1 aromatic carbocycles. The third kappa shape index (κ3) is 1.72. The Balaban J connectivity index is 2.83. The molecule has 0 fully saturated rings. The molecule has 1 heterocycles. The largest absolute Gasteiger partial charge is 0.298 e. The van der Waals surface area contributed by atoms with Gasteiger partial charge in [0.1, 0.15) is 5.52 Å². The van der Waals surface area contributed by atoms with Gasteiger partial charge in [-0.3, -0.25) is 9.80 Å².